The van der Waals surface area contributed by atoms with E-state index in [4.69, 9.17) is 0 Å². The summed E-state index contributed by atoms with van der Waals surface area (Å²) in [4.78, 5) is 26.0. The number of nitrogens with zero attached hydrogens (tertiary/aromatic N) is 4. The summed E-state index contributed by atoms with van der Waals surface area (Å²) in [5.41, 5.74) is -0.134. The molecule has 0 aliphatic carbocycles. The highest BCUT2D eigenvalue weighted by Gasteiger charge is 2.28. The van der Waals surface area contributed by atoms with Gasteiger partial charge in [0.15, 0.2) is 0 Å². The predicted molar refractivity (Wildman–Crippen MR) is 87.4 cm³/mol. The van der Waals surface area contributed by atoms with Crippen LogP contribution in [0.15, 0.2) is 23.0 Å². The van der Waals surface area contributed by atoms with E-state index < -0.39 is 11.6 Å². The molecule has 1 aromatic heterocycles. The van der Waals surface area contributed by atoms with E-state index in [1.807, 2.05) is 6.92 Å². The number of hydrogen-bond donors (Lipinski definition) is 0. The van der Waals surface area contributed by atoms with Gasteiger partial charge in [-0.25, -0.2) is 18.3 Å². The molecular weight excluding hydrogens is 330 g/mol. The van der Waals surface area contributed by atoms with Crippen molar-refractivity contribution in [1.29, 1.82) is 0 Å². The van der Waals surface area contributed by atoms with Gasteiger partial charge in [0.05, 0.1) is 0 Å². The van der Waals surface area contributed by atoms with Crippen molar-refractivity contribution in [2.75, 3.05) is 13.1 Å². The minimum absolute atomic E-state index is 0.0132. The van der Waals surface area contributed by atoms with E-state index in [2.05, 4.69) is 5.10 Å². The Bertz CT molecular complexity index is 831. The molecule has 1 amide bonds. The molecule has 0 N–H and O–H groups in total. The number of carbonyl (C=O) groups is 1. The standard InChI is InChI=1S/C17H20F2N4O2/c1-3-23-15(20-21(2)17(23)25)11-4-6-22(7-5-11)16(24)12-8-13(18)10-14(19)9-12/h8-11H,3-7H2,1-2H3. The van der Waals surface area contributed by atoms with Gasteiger partial charge in [-0.15, -0.1) is 0 Å². The van der Waals surface area contributed by atoms with Crippen molar-refractivity contribution in [1.82, 2.24) is 19.2 Å². The summed E-state index contributed by atoms with van der Waals surface area (Å²) in [5.74, 6) is -1.09. The summed E-state index contributed by atoms with van der Waals surface area (Å²) in [7, 11) is 1.62. The Balaban J connectivity index is 1.72. The molecule has 0 bridgehead atoms. The van der Waals surface area contributed by atoms with Gasteiger partial charge in [0.25, 0.3) is 5.91 Å². The second-order valence-electron chi connectivity index (χ2n) is 6.23. The molecule has 8 heteroatoms. The Morgan fingerprint density at radius 2 is 1.80 bits per heavy atom. The number of piperidine rings is 1. The van der Waals surface area contributed by atoms with Crippen LogP contribution in [0.25, 0.3) is 0 Å². The second kappa shape index (κ2) is 6.78. The number of halogens is 2. The van der Waals surface area contributed by atoms with Gasteiger partial charge in [-0.3, -0.25) is 9.36 Å². The maximum Gasteiger partial charge on any atom is 0.345 e. The topological polar surface area (TPSA) is 60.1 Å². The molecule has 1 aromatic carbocycles. The molecular formula is C17H20F2N4O2. The molecule has 2 aromatic rings. The molecule has 1 aliphatic heterocycles. The number of rotatable bonds is 3. The fourth-order valence-electron chi connectivity index (χ4n) is 3.32. The molecule has 1 fully saturated rings. The zero-order chi connectivity index (χ0) is 18.1. The van der Waals surface area contributed by atoms with Crippen molar-refractivity contribution in [3.05, 3.63) is 51.7 Å². The van der Waals surface area contributed by atoms with Gasteiger partial charge in [-0.05, 0) is 31.9 Å². The number of amides is 1. The molecule has 0 saturated carbocycles. The molecule has 0 radical (unpaired) electrons. The highest BCUT2D eigenvalue weighted by molar-refractivity contribution is 5.94. The normalized spacial score (nSPS) is 15.6. The zero-order valence-corrected chi connectivity index (χ0v) is 14.2. The highest BCUT2D eigenvalue weighted by atomic mass is 19.1. The first-order valence-electron chi connectivity index (χ1n) is 8.29. The van der Waals surface area contributed by atoms with Crippen LogP contribution in [-0.2, 0) is 13.6 Å². The Kier molecular flexibility index (Phi) is 4.69. The highest BCUT2D eigenvalue weighted by Crippen LogP contribution is 2.27. The Morgan fingerprint density at radius 1 is 1.20 bits per heavy atom. The monoisotopic (exact) mass is 350 g/mol. The van der Waals surface area contributed by atoms with Crippen LogP contribution in [0, 0.1) is 11.6 Å². The first kappa shape index (κ1) is 17.3. The number of likely N-dealkylation sites (tertiary alicyclic amines) is 1. The van der Waals surface area contributed by atoms with E-state index in [1.54, 1.807) is 16.5 Å². The molecule has 6 nitrogen and oxygen atoms in total. The van der Waals surface area contributed by atoms with Crippen molar-refractivity contribution in [3.63, 3.8) is 0 Å². The summed E-state index contributed by atoms with van der Waals surface area (Å²) in [6.45, 7) is 3.35. The fourth-order valence-corrected chi connectivity index (χ4v) is 3.32. The fraction of sp³-hybridized carbons (Fsp3) is 0.471. The van der Waals surface area contributed by atoms with Crippen LogP contribution >= 0.6 is 0 Å². The van der Waals surface area contributed by atoms with Crippen LogP contribution < -0.4 is 5.69 Å². The number of aromatic nitrogens is 3. The number of benzene rings is 1. The lowest BCUT2D eigenvalue weighted by Crippen LogP contribution is -2.38. The summed E-state index contributed by atoms with van der Waals surface area (Å²) in [6.07, 6.45) is 1.31. The van der Waals surface area contributed by atoms with Crippen LogP contribution in [-0.4, -0.2) is 38.2 Å². The summed E-state index contributed by atoms with van der Waals surface area (Å²) in [5, 5.41) is 4.32. The maximum absolute atomic E-state index is 13.3. The van der Waals surface area contributed by atoms with Crippen molar-refractivity contribution < 1.29 is 13.6 Å². The SMILES string of the molecule is CCn1c(C2CCN(C(=O)c3cc(F)cc(F)c3)CC2)nn(C)c1=O. The zero-order valence-electron chi connectivity index (χ0n) is 14.2. The summed E-state index contributed by atoms with van der Waals surface area (Å²) < 4.78 is 29.6. The average molecular weight is 350 g/mol. The lowest BCUT2D eigenvalue weighted by Gasteiger charge is -2.31. The molecule has 0 spiro atoms. The van der Waals surface area contributed by atoms with E-state index >= 15 is 0 Å². The molecule has 2 heterocycles. The van der Waals surface area contributed by atoms with E-state index in [0.717, 1.165) is 24.0 Å². The first-order valence-corrected chi connectivity index (χ1v) is 8.29. The first-order chi connectivity index (χ1) is 11.9. The van der Waals surface area contributed by atoms with Gasteiger partial charge in [-0.2, -0.15) is 5.10 Å². The molecule has 134 valence electrons. The van der Waals surface area contributed by atoms with Gasteiger partial charge in [-0.1, -0.05) is 0 Å². The van der Waals surface area contributed by atoms with Crippen LogP contribution in [0.3, 0.4) is 0 Å². The summed E-state index contributed by atoms with van der Waals surface area (Å²) in [6, 6.07) is 2.84. The molecule has 1 saturated heterocycles. The van der Waals surface area contributed by atoms with E-state index in [0.29, 0.717) is 32.5 Å². The van der Waals surface area contributed by atoms with Crippen molar-refractivity contribution in [3.8, 4) is 0 Å². The smallest absolute Gasteiger partial charge is 0.339 e. The van der Waals surface area contributed by atoms with E-state index in [1.165, 1.54) is 4.68 Å². The van der Waals surface area contributed by atoms with Crippen LogP contribution in [0.5, 0.6) is 0 Å². The number of aryl methyl sites for hydroxylation is 1. The molecule has 0 atom stereocenters. The summed E-state index contributed by atoms with van der Waals surface area (Å²) >= 11 is 0. The lowest BCUT2D eigenvalue weighted by atomic mass is 9.95. The van der Waals surface area contributed by atoms with Crippen LogP contribution in [0.1, 0.15) is 41.9 Å². The lowest BCUT2D eigenvalue weighted by molar-refractivity contribution is 0.0709. The van der Waals surface area contributed by atoms with Crippen molar-refractivity contribution in [2.45, 2.75) is 32.2 Å². The van der Waals surface area contributed by atoms with Gasteiger partial charge < -0.3 is 4.90 Å². The van der Waals surface area contributed by atoms with Crippen LogP contribution in [0.4, 0.5) is 8.78 Å². The van der Waals surface area contributed by atoms with Crippen molar-refractivity contribution in [2.24, 2.45) is 7.05 Å². The van der Waals surface area contributed by atoms with Crippen LogP contribution in [0.2, 0.25) is 0 Å². The Labute approximate surface area is 143 Å². The largest absolute Gasteiger partial charge is 0.345 e. The Hall–Kier alpha value is -2.51. The average Bonchev–Trinajstić information content (AvgIpc) is 2.88. The predicted octanol–water partition coefficient (Wildman–Crippen LogP) is 1.90. The Morgan fingerprint density at radius 3 is 2.36 bits per heavy atom. The van der Waals surface area contributed by atoms with Crippen molar-refractivity contribution >= 4 is 5.91 Å². The van der Waals surface area contributed by atoms with Gasteiger partial charge in [0.1, 0.15) is 17.5 Å². The molecule has 1 aliphatic rings. The third kappa shape index (κ3) is 3.33. The molecule has 3 rings (SSSR count). The molecule has 25 heavy (non-hydrogen) atoms. The maximum atomic E-state index is 13.3. The minimum Gasteiger partial charge on any atom is -0.339 e. The minimum atomic E-state index is -0.765. The van der Waals surface area contributed by atoms with Gasteiger partial charge in [0, 0.05) is 44.2 Å². The van der Waals surface area contributed by atoms with E-state index in [9.17, 15) is 18.4 Å². The number of carbonyl (C=O) groups excluding carboxylic acids is 1. The van der Waals surface area contributed by atoms with Gasteiger partial charge >= 0.3 is 5.69 Å². The second-order valence-corrected chi connectivity index (χ2v) is 6.23. The number of hydrogen-bond acceptors (Lipinski definition) is 3. The van der Waals surface area contributed by atoms with Gasteiger partial charge in [0.2, 0.25) is 0 Å². The molecule has 0 unspecified atom stereocenters. The third-order valence-electron chi connectivity index (χ3n) is 4.61. The van der Waals surface area contributed by atoms with E-state index in [-0.39, 0.29) is 23.1 Å². The third-order valence-corrected chi connectivity index (χ3v) is 4.61. The quantitative estimate of drug-likeness (QED) is 0.849.